The first-order chi connectivity index (χ1) is 12.0. The average Bonchev–Trinajstić information content (AvgIpc) is 2.61. The number of rotatable bonds is 11. The Bertz CT molecular complexity index is 547. The first kappa shape index (κ1) is 22.7. The summed E-state index contributed by atoms with van der Waals surface area (Å²) < 4.78 is 10.3. The number of esters is 1. The second-order valence-electron chi connectivity index (χ2n) is 5.77. The van der Waals surface area contributed by atoms with Crippen LogP contribution in [0.3, 0.4) is 0 Å². The zero-order chi connectivity index (χ0) is 18.8. The molecule has 0 aromatic heterocycles. The van der Waals surface area contributed by atoms with Crippen molar-refractivity contribution in [2.75, 3.05) is 13.7 Å². The van der Waals surface area contributed by atoms with E-state index in [1.165, 1.54) is 45.6 Å². The molecule has 0 aliphatic carbocycles. The summed E-state index contributed by atoms with van der Waals surface area (Å²) >= 11 is 24.6. The van der Waals surface area contributed by atoms with E-state index in [1.807, 2.05) is 0 Å². The van der Waals surface area contributed by atoms with Gasteiger partial charge in [0.1, 0.15) is 15.6 Å². The molecule has 0 spiro atoms. The molecule has 0 aliphatic heterocycles. The third-order valence-corrected chi connectivity index (χ3v) is 5.53. The van der Waals surface area contributed by atoms with Gasteiger partial charge in [-0.2, -0.15) is 0 Å². The monoisotopic (exact) mass is 428 g/mol. The molecule has 0 N–H and O–H groups in total. The summed E-state index contributed by atoms with van der Waals surface area (Å²) in [6.45, 7) is 2.67. The van der Waals surface area contributed by atoms with Crippen LogP contribution in [0.15, 0.2) is 0 Å². The number of ether oxygens (including phenoxy) is 2. The van der Waals surface area contributed by atoms with Gasteiger partial charge in [-0.15, -0.1) is 0 Å². The van der Waals surface area contributed by atoms with Gasteiger partial charge in [0.2, 0.25) is 0 Å². The van der Waals surface area contributed by atoms with E-state index in [9.17, 15) is 4.79 Å². The van der Waals surface area contributed by atoms with E-state index in [2.05, 4.69) is 11.7 Å². The Morgan fingerprint density at radius 1 is 0.800 bits per heavy atom. The number of carbonyl (C=O) groups is 1. The van der Waals surface area contributed by atoms with Crippen LogP contribution in [0.2, 0.25) is 20.1 Å². The summed E-state index contributed by atoms with van der Waals surface area (Å²) in [7, 11) is 1.23. The number of hydrogen-bond donors (Lipinski definition) is 0. The van der Waals surface area contributed by atoms with E-state index in [4.69, 9.17) is 51.1 Å². The second kappa shape index (κ2) is 12.1. The number of carbonyl (C=O) groups excluding carboxylic acids is 1. The molecule has 0 saturated heterocycles. The van der Waals surface area contributed by atoms with Crippen molar-refractivity contribution < 1.29 is 14.3 Å². The lowest BCUT2D eigenvalue weighted by Crippen LogP contribution is -2.06. The molecule has 0 aliphatic rings. The third-order valence-electron chi connectivity index (χ3n) is 3.86. The summed E-state index contributed by atoms with van der Waals surface area (Å²) in [5.41, 5.74) is -0.0553. The molecule has 0 saturated carbocycles. The molecule has 0 bridgehead atoms. The Kier molecular flexibility index (Phi) is 11.0. The van der Waals surface area contributed by atoms with Crippen LogP contribution in [-0.2, 0) is 4.74 Å². The van der Waals surface area contributed by atoms with E-state index in [0.717, 1.165) is 12.8 Å². The highest BCUT2D eigenvalue weighted by Crippen LogP contribution is 2.46. The largest absolute Gasteiger partial charge is 0.490 e. The van der Waals surface area contributed by atoms with E-state index in [1.54, 1.807) is 0 Å². The van der Waals surface area contributed by atoms with Crippen molar-refractivity contribution in [1.82, 2.24) is 0 Å². The number of benzene rings is 1. The van der Waals surface area contributed by atoms with Crippen molar-refractivity contribution in [3.8, 4) is 5.75 Å². The SMILES string of the molecule is CCCCCCCCCCOc1c(Cl)c(Cl)c(C(=O)OC)c(Cl)c1Cl. The Morgan fingerprint density at radius 3 is 1.76 bits per heavy atom. The Morgan fingerprint density at radius 2 is 1.28 bits per heavy atom. The lowest BCUT2D eigenvalue weighted by molar-refractivity contribution is 0.0601. The molecular formula is C18H24Cl4O3. The summed E-state index contributed by atoms with van der Waals surface area (Å²) in [6.07, 6.45) is 9.54. The zero-order valence-electron chi connectivity index (χ0n) is 14.6. The van der Waals surface area contributed by atoms with Gasteiger partial charge in [-0.3, -0.25) is 0 Å². The van der Waals surface area contributed by atoms with E-state index < -0.39 is 5.97 Å². The molecule has 0 atom stereocenters. The number of unbranched alkanes of at least 4 members (excludes halogenated alkanes) is 7. The highest BCUT2D eigenvalue weighted by atomic mass is 35.5. The fourth-order valence-corrected chi connectivity index (χ4v) is 3.53. The maximum Gasteiger partial charge on any atom is 0.341 e. The topological polar surface area (TPSA) is 35.5 Å². The molecular weight excluding hydrogens is 406 g/mol. The molecule has 0 amide bonds. The van der Waals surface area contributed by atoms with Crippen LogP contribution < -0.4 is 4.74 Å². The number of halogens is 4. The minimum absolute atomic E-state index is 0.0196. The van der Waals surface area contributed by atoms with Crippen LogP contribution >= 0.6 is 46.4 Å². The van der Waals surface area contributed by atoms with Gasteiger partial charge in [0.15, 0.2) is 5.75 Å². The molecule has 142 valence electrons. The molecule has 0 fully saturated rings. The van der Waals surface area contributed by atoms with Gasteiger partial charge < -0.3 is 9.47 Å². The quantitative estimate of drug-likeness (QED) is 0.206. The van der Waals surface area contributed by atoms with Crippen LogP contribution in [0, 0.1) is 0 Å². The zero-order valence-corrected chi connectivity index (χ0v) is 17.6. The molecule has 3 nitrogen and oxygen atoms in total. The predicted octanol–water partition coefficient (Wildman–Crippen LogP) is 7.61. The molecule has 1 rings (SSSR count). The van der Waals surface area contributed by atoms with Crippen molar-refractivity contribution >= 4 is 52.4 Å². The van der Waals surface area contributed by atoms with Gasteiger partial charge in [-0.05, 0) is 6.42 Å². The van der Waals surface area contributed by atoms with E-state index >= 15 is 0 Å². The number of hydrogen-bond acceptors (Lipinski definition) is 3. The summed E-state index contributed by atoms with van der Waals surface area (Å²) in [6, 6.07) is 0. The second-order valence-corrected chi connectivity index (χ2v) is 7.29. The van der Waals surface area contributed by atoms with Crippen LogP contribution in [0.4, 0.5) is 0 Å². The average molecular weight is 430 g/mol. The normalized spacial score (nSPS) is 10.8. The Hall–Kier alpha value is -0.350. The van der Waals surface area contributed by atoms with Gasteiger partial charge in [-0.1, -0.05) is 98.3 Å². The summed E-state index contributed by atoms with van der Waals surface area (Å²) in [4.78, 5) is 11.7. The van der Waals surface area contributed by atoms with Crippen molar-refractivity contribution in [3.05, 3.63) is 25.7 Å². The third kappa shape index (κ3) is 6.71. The Labute approximate surface area is 169 Å². The van der Waals surface area contributed by atoms with Gasteiger partial charge in [0, 0.05) is 0 Å². The minimum atomic E-state index is -0.701. The van der Waals surface area contributed by atoms with Crippen molar-refractivity contribution in [2.24, 2.45) is 0 Å². The lowest BCUT2D eigenvalue weighted by atomic mass is 10.1. The van der Waals surface area contributed by atoms with Crippen LogP contribution in [0.1, 0.15) is 68.6 Å². The molecule has 0 heterocycles. The standard InChI is InChI=1S/C18H24Cl4O3/c1-3-4-5-6-7-8-9-10-11-25-17-15(21)13(19)12(18(23)24-2)14(20)16(17)22/h3-11H2,1-2H3. The number of methoxy groups -OCH3 is 1. The van der Waals surface area contributed by atoms with Gasteiger partial charge in [-0.25, -0.2) is 4.79 Å². The molecule has 1 aromatic carbocycles. The van der Waals surface area contributed by atoms with Crippen LogP contribution in [-0.4, -0.2) is 19.7 Å². The van der Waals surface area contributed by atoms with Gasteiger partial charge >= 0.3 is 5.97 Å². The maximum absolute atomic E-state index is 11.7. The summed E-state index contributed by atoms with van der Waals surface area (Å²) in [5.74, 6) is -0.498. The smallest absolute Gasteiger partial charge is 0.341 e. The maximum atomic E-state index is 11.7. The fraction of sp³-hybridized carbons (Fsp3) is 0.611. The lowest BCUT2D eigenvalue weighted by Gasteiger charge is -2.15. The van der Waals surface area contributed by atoms with E-state index in [0.29, 0.717) is 6.61 Å². The Balaban J connectivity index is 2.56. The van der Waals surface area contributed by atoms with Crippen molar-refractivity contribution in [2.45, 2.75) is 58.3 Å². The summed E-state index contributed by atoms with van der Waals surface area (Å²) in [5, 5.41) is 0.0924. The molecule has 25 heavy (non-hydrogen) atoms. The van der Waals surface area contributed by atoms with Crippen molar-refractivity contribution in [3.63, 3.8) is 0 Å². The van der Waals surface area contributed by atoms with Gasteiger partial charge in [0.25, 0.3) is 0 Å². The highest BCUT2D eigenvalue weighted by molar-refractivity contribution is 6.51. The molecule has 1 aromatic rings. The fourth-order valence-electron chi connectivity index (χ4n) is 2.43. The predicted molar refractivity (Wildman–Crippen MR) is 106 cm³/mol. The first-order valence-electron chi connectivity index (χ1n) is 8.52. The van der Waals surface area contributed by atoms with Crippen molar-refractivity contribution in [1.29, 1.82) is 0 Å². The highest BCUT2D eigenvalue weighted by Gasteiger charge is 2.26. The van der Waals surface area contributed by atoms with Crippen LogP contribution in [0.25, 0.3) is 0 Å². The molecule has 0 unspecified atom stereocenters. The minimum Gasteiger partial charge on any atom is -0.490 e. The van der Waals surface area contributed by atoms with Gasteiger partial charge in [0.05, 0.1) is 23.8 Å². The molecule has 0 radical (unpaired) electrons. The van der Waals surface area contributed by atoms with Crippen LogP contribution in [0.5, 0.6) is 5.75 Å². The first-order valence-corrected chi connectivity index (χ1v) is 10.0. The molecule has 7 heteroatoms. The van der Waals surface area contributed by atoms with E-state index in [-0.39, 0.29) is 31.4 Å².